The fourth-order valence-corrected chi connectivity index (χ4v) is 5.88. The lowest BCUT2D eigenvalue weighted by atomic mass is 9.79. The number of nitrogens with zero attached hydrogens (tertiary/aromatic N) is 1. The van der Waals surface area contributed by atoms with Gasteiger partial charge in [0, 0.05) is 10.9 Å². The third-order valence-electron chi connectivity index (χ3n) is 6.54. The van der Waals surface area contributed by atoms with Crippen molar-refractivity contribution in [1.29, 1.82) is 0 Å². The van der Waals surface area contributed by atoms with Gasteiger partial charge < -0.3 is 10.4 Å². The monoisotopic (exact) mass is 410 g/mol. The quantitative estimate of drug-likeness (QED) is 0.691. The van der Waals surface area contributed by atoms with E-state index in [4.69, 9.17) is 0 Å². The Labute approximate surface area is 174 Å². The van der Waals surface area contributed by atoms with Crippen LogP contribution < -0.4 is 5.32 Å². The van der Waals surface area contributed by atoms with Crippen molar-refractivity contribution in [3.63, 3.8) is 0 Å². The molecule has 1 amide bonds. The van der Waals surface area contributed by atoms with Crippen molar-refractivity contribution >= 4 is 28.3 Å². The molecule has 0 spiro atoms. The van der Waals surface area contributed by atoms with E-state index in [0.29, 0.717) is 5.13 Å². The zero-order valence-electron chi connectivity index (χ0n) is 17.2. The van der Waals surface area contributed by atoms with Gasteiger partial charge in [0.15, 0.2) is 5.13 Å². The molecule has 1 aromatic carbocycles. The minimum Gasteiger partial charge on any atom is -0.481 e. The van der Waals surface area contributed by atoms with E-state index in [1.807, 2.05) is 25.3 Å². The van der Waals surface area contributed by atoms with Crippen LogP contribution in [0.2, 0.25) is 0 Å². The third-order valence-corrected chi connectivity index (χ3v) is 7.30. The van der Waals surface area contributed by atoms with Gasteiger partial charge in [-0.3, -0.25) is 9.59 Å². The molecule has 4 atom stereocenters. The van der Waals surface area contributed by atoms with Gasteiger partial charge in [0.25, 0.3) is 0 Å². The topological polar surface area (TPSA) is 79.3 Å². The molecule has 29 heavy (non-hydrogen) atoms. The Morgan fingerprint density at radius 3 is 2.41 bits per heavy atom. The molecular weight excluding hydrogens is 384 g/mol. The number of thiazole rings is 1. The van der Waals surface area contributed by atoms with E-state index in [2.05, 4.69) is 36.3 Å². The number of carbonyl (C=O) groups excluding carboxylic acids is 1. The van der Waals surface area contributed by atoms with Crippen molar-refractivity contribution in [3.8, 4) is 11.3 Å². The normalized spacial score (nSPS) is 25.3. The number of hydrogen-bond donors (Lipinski definition) is 2. The predicted octanol–water partition coefficient (Wildman–Crippen LogP) is 5.06. The van der Waals surface area contributed by atoms with Gasteiger partial charge in [-0.2, -0.15) is 0 Å². The zero-order valence-corrected chi connectivity index (χ0v) is 18.0. The SMILES string of the molecule is CC(C)=C1[C@H]2CC[C@H]1[C@@H](C(=O)Nc1nc(-c3ccc(C)c(C)c3)cs1)[C@@H]2C(=O)O. The van der Waals surface area contributed by atoms with Gasteiger partial charge in [0.2, 0.25) is 5.91 Å². The third kappa shape index (κ3) is 3.39. The number of carboxylic acid groups (broad SMARTS) is 1. The summed E-state index contributed by atoms with van der Waals surface area (Å²) >= 11 is 1.38. The maximum Gasteiger partial charge on any atom is 0.307 e. The van der Waals surface area contributed by atoms with E-state index >= 15 is 0 Å². The molecule has 2 fully saturated rings. The molecular formula is C23H26N2O3S. The number of hydrogen-bond acceptors (Lipinski definition) is 4. The highest BCUT2D eigenvalue weighted by atomic mass is 32.1. The molecule has 2 N–H and O–H groups in total. The van der Waals surface area contributed by atoms with Crippen molar-refractivity contribution < 1.29 is 14.7 Å². The van der Waals surface area contributed by atoms with Gasteiger partial charge in [-0.1, -0.05) is 23.3 Å². The number of allylic oxidation sites excluding steroid dienone is 2. The van der Waals surface area contributed by atoms with Crippen LogP contribution in [-0.2, 0) is 9.59 Å². The number of aryl methyl sites for hydroxylation is 2. The van der Waals surface area contributed by atoms with Crippen molar-refractivity contribution in [2.45, 2.75) is 40.5 Å². The summed E-state index contributed by atoms with van der Waals surface area (Å²) in [5.41, 5.74) is 6.60. The first-order chi connectivity index (χ1) is 13.8. The number of benzene rings is 1. The van der Waals surface area contributed by atoms with Gasteiger partial charge >= 0.3 is 5.97 Å². The Morgan fingerprint density at radius 2 is 1.79 bits per heavy atom. The Bertz CT molecular complexity index is 1020. The molecule has 2 saturated carbocycles. The van der Waals surface area contributed by atoms with Crippen LogP contribution in [0.15, 0.2) is 34.7 Å². The molecule has 1 aromatic heterocycles. The smallest absolute Gasteiger partial charge is 0.307 e. The predicted molar refractivity (Wildman–Crippen MR) is 115 cm³/mol. The van der Waals surface area contributed by atoms with Crippen molar-refractivity contribution in [3.05, 3.63) is 45.9 Å². The lowest BCUT2D eigenvalue weighted by Crippen LogP contribution is -2.37. The first kappa shape index (κ1) is 19.8. The highest BCUT2D eigenvalue weighted by molar-refractivity contribution is 7.14. The summed E-state index contributed by atoms with van der Waals surface area (Å²) in [5.74, 6) is -2.23. The Morgan fingerprint density at radius 1 is 1.10 bits per heavy atom. The van der Waals surface area contributed by atoms with Crippen LogP contribution in [0, 0.1) is 37.5 Å². The zero-order chi connectivity index (χ0) is 20.9. The van der Waals surface area contributed by atoms with Gasteiger partial charge in [-0.05, 0) is 69.6 Å². The summed E-state index contributed by atoms with van der Waals surface area (Å²) in [6.45, 7) is 8.18. The molecule has 6 heteroatoms. The number of fused-ring (bicyclic) bond motifs is 2. The van der Waals surface area contributed by atoms with Gasteiger partial charge in [-0.15, -0.1) is 11.3 Å². The molecule has 0 aliphatic heterocycles. The van der Waals surface area contributed by atoms with Gasteiger partial charge in [0.05, 0.1) is 17.5 Å². The maximum atomic E-state index is 13.1. The largest absolute Gasteiger partial charge is 0.481 e. The average Bonchev–Trinajstić information content (AvgIpc) is 3.36. The number of nitrogens with one attached hydrogen (secondary N) is 1. The van der Waals surface area contributed by atoms with Crippen LogP contribution in [0.3, 0.4) is 0 Å². The standard InChI is InChI=1S/C23H26N2O3S/c1-11(2)18-15-7-8-16(18)20(22(27)28)19(15)21(26)25-23-24-17(10-29-23)14-6-5-12(3)13(4)9-14/h5-6,9-10,15-16,19-20H,7-8H2,1-4H3,(H,27,28)(H,24,25,26)/t15-,16-,19-,20-/m1/s1. The molecule has 4 rings (SSSR count). The number of aromatic nitrogens is 1. The van der Waals surface area contributed by atoms with Crippen LogP contribution in [0.25, 0.3) is 11.3 Å². The molecule has 2 aromatic rings. The number of aliphatic carboxylic acids is 1. The number of amides is 1. The van der Waals surface area contributed by atoms with Crippen molar-refractivity contribution in [1.82, 2.24) is 4.98 Å². The van der Waals surface area contributed by atoms with Crippen LogP contribution in [0.5, 0.6) is 0 Å². The maximum absolute atomic E-state index is 13.1. The van der Waals surface area contributed by atoms with Crippen LogP contribution in [0.4, 0.5) is 5.13 Å². The minimum atomic E-state index is -0.869. The molecule has 0 unspecified atom stereocenters. The van der Waals surface area contributed by atoms with E-state index in [9.17, 15) is 14.7 Å². The van der Waals surface area contributed by atoms with Gasteiger partial charge in [-0.25, -0.2) is 4.98 Å². The summed E-state index contributed by atoms with van der Waals surface area (Å²) in [6.07, 6.45) is 1.75. The Balaban J connectivity index is 1.57. The minimum absolute atomic E-state index is 0.0133. The summed E-state index contributed by atoms with van der Waals surface area (Å²) < 4.78 is 0. The highest BCUT2D eigenvalue weighted by Gasteiger charge is 2.57. The first-order valence-electron chi connectivity index (χ1n) is 10.0. The number of carbonyl (C=O) groups is 2. The molecule has 2 aliphatic rings. The fraction of sp³-hybridized carbons (Fsp3) is 0.435. The van der Waals surface area contributed by atoms with E-state index in [1.165, 1.54) is 28.0 Å². The number of anilines is 1. The van der Waals surface area contributed by atoms with Crippen LogP contribution >= 0.6 is 11.3 Å². The summed E-state index contributed by atoms with van der Waals surface area (Å²) in [6, 6.07) is 6.18. The molecule has 0 radical (unpaired) electrons. The molecule has 2 aliphatic carbocycles. The van der Waals surface area contributed by atoms with E-state index in [-0.39, 0.29) is 17.7 Å². The molecule has 2 bridgehead atoms. The number of rotatable bonds is 4. The average molecular weight is 411 g/mol. The second-order valence-electron chi connectivity index (χ2n) is 8.46. The summed E-state index contributed by atoms with van der Waals surface area (Å²) in [7, 11) is 0. The molecule has 152 valence electrons. The highest BCUT2D eigenvalue weighted by Crippen LogP contribution is 2.57. The van der Waals surface area contributed by atoms with E-state index < -0.39 is 17.8 Å². The van der Waals surface area contributed by atoms with E-state index in [1.54, 1.807) is 0 Å². The lowest BCUT2D eigenvalue weighted by Gasteiger charge is -2.25. The van der Waals surface area contributed by atoms with Crippen LogP contribution in [0.1, 0.15) is 37.8 Å². The second kappa shape index (κ2) is 7.41. The van der Waals surface area contributed by atoms with Gasteiger partial charge in [0.1, 0.15) is 0 Å². The summed E-state index contributed by atoms with van der Waals surface area (Å²) in [5, 5.41) is 15.2. The molecule has 0 saturated heterocycles. The van der Waals surface area contributed by atoms with Crippen molar-refractivity contribution in [2.24, 2.45) is 23.7 Å². The van der Waals surface area contributed by atoms with Crippen LogP contribution in [-0.4, -0.2) is 22.0 Å². The van der Waals surface area contributed by atoms with Crippen molar-refractivity contribution in [2.75, 3.05) is 5.32 Å². The Kier molecular flexibility index (Phi) is 5.07. The lowest BCUT2D eigenvalue weighted by molar-refractivity contribution is -0.148. The summed E-state index contributed by atoms with van der Waals surface area (Å²) in [4.78, 5) is 29.6. The Hall–Kier alpha value is -2.47. The molecule has 1 heterocycles. The molecule has 5 nitrogen and oxygen atoms in total. The second-order valence-corrected chi connectivity index (χ2v) is 9.32. The van der Waals surface area contributed by atoms with E-state index in [0.717, 1.165) is 29.7 Å². The number of carboxylic acids is 1. The first-order valence-corrected chi connectivity index (χ1v) is 10.9. The fourth-order valence-electron chi connectivity index (χ4n) is 5.16.